The predicted octanol–water partition coefficient (Wildman–Crippen LogP) is 17.5. The van der Waals surface area contributed by atoms with Crippen LogP contribution in [-0.4, -0.2) is 160 Å². The molecule has 1 saturated heterocycles. The van der Waals surface area contributed by atoms with Gasteiger partial charge in [0.15, 0.2) is 0 Å². The van der Waals surface area contributed by atoms with Gasteiger partial charge in [0.1, 0.15) is 93.2 Å². The van der Waals surface area contributed by atoms with Gasteiger partial charge in [0, 0.05) is 113 Å². The maximum absolute atomic E-state index is 14.7. The van der Waals surface area contributed by atoms with Crippen LogP contribution < -0.4 is 48.3 Å². The first-order chi connectivity index (χ1) is 61.6. The maximum atomic E-state index is 14.7. The van der Waals surface area contributed by atoms with Crippen LogP contribution in [0.15, 0.2) is 247 Å². The number of amides is 8. The molecule has 2 aliphatic rings. The standard InChI is InChI=1S/2C23H18BrF2N5O2.C22H18BrF2N5O2.C21H16BrF2N5O2/c1-31-9-8-27-21(31)13-2-5-16(18(26)10-13)22(32)29-19-6-4-15(25)11-17(19)23(33)30-20-7-3-14(24)12-28-20;24-14-3-7-20(28-12-14)30-23(33)17-11-15(25)4-6-19(17)29-22(32)16-5-2-13(10-18(16)26)21(27)31-8-1-9-31;1-30(2)20(26)12-3-6-15(17(25)9-12)21(31)28-18-7-5-14(24)10-16(18)22(32)29-19-8-4-13(23)11-27-19;1-26-19(25)11-2-5-14(16(24)8-11)20(30)28-17-6-4-13(23)9-15(17)21(31)29-18-7-3-12(22)10-27-18/h2-7,10-12H,8-9H2,1H3,(H,29,32)(H,28,30,33);2-7,10-12,27H,1,8-9H2,(H,29,32)(H,28,30,33);3-11,26H,1-2H3,(H,28,31)(H,27,29,32);2-10H,1H3,(H2,25,26)(H,28,30)(H,27,29,31). The Hall–Kier alpha value is -14.6. The van der Waals surface area contributed by atoms with Crippen LogP contribution in [0.25, 0.3) is 0 Å². The second kappa shape index (κ2) is 43.5. The number of carbonyl (C=O) groups excluding carboxylic acids is 8. The Morgan fingerprint density at radius 1 is 0.380 bits per heavy atom. The average molecular weight is 2020 g/mol. The number of likely N-dealkylation sites (N-methyl/N-ethyl adjacent to an activating group) is 1. The molecule has 14 rings (SSSR count). The van der Waals surface area contributed by atoms with Crippen LogP contribution in [0, 0.1) is 57.4 Å². The number of likely N-dealkylation sites (tertiary alicyclic amines) is 1. The van der Waals surface area contributed by atoms with Crippen molar-refractivity contribution in [1.29, 1.82) is 10.8 Å². The molecule has 6 heterocycles. The van der Waals surface area contributed by atoms with Gasteiger partial charge in [-0.15, -0.1) is 0 Å². The Labute approximate surface area is 763 Å². The fraction of sp³-hybridized carbons (Fsp3) is 0.101. The number of pyridine rings is 4. The average Bonchev–Trinajstić information content (AvgIpc) is 1.79. The van der Waals surface area contributed by atoms with Crippen molar-refractivity contribution in [3.05, 3.63) is 350 Å². The molecule has 0 radical (unpaired) electrons. The van der Waals surface area contributed by atoms with Crippen LogP contribution in [0.5, 0.6) is 0 Å². The van der Waals surface area contributed by atoms with Gasteiger partial charge in [0.05, 0.1) is 73.8 Å². The molecule has 40 heteroatoms. The lowest BCUT2D eigenvalue weighted by Crippen LogP contribution is -2.42. The van der Waals surface area contributed by atoms with Gasteiger partial charge in [-0.05, 0) is 240 Å². The zero-order chi connectivity index (χ0) is 93.0. The fourth-order valence-electron chi connectivity index (χ4n) is 11.9. The third kappa shape index (κ3) is 25.4. The predicted molar refractivity (Wildman–Crippen MR) is 487 cm³/mol. The maximum Gasteiger partial charge on any atom is 0.259 e. The minimum atomic E-state index is -0.834. The lowest BCUT2D eigenvalue weighted by molar-refractivity contribution is 0.100. The van der Waals surface area contributed by atoms with Crippen LogP contribution >= 0.6 is 63.7 Å². The van der Waals surface area contributed by atoms with E-state index in [0.29, 0.717) is 48.1 Å². The van der Waals surface area contributed by atoms with E-state index in [1.807, 2.05) is 11.9 Å². The van der Waals surface area contributed by atoms with Crippen molar-refractivity contribution in [1.82, 2.24) is 34.6 Å². The van der Waals surface area contributed by atoms with Crippen molar-refractivity contribution in [2.75, 3.05) is 96.9 Å². The molecule has 0 aliphatic carbocycles. The molecule has 8 aromatic carbocycles. The van der Waals surface area contributed by atoms with Crippen LogP contribution in [0.1, 0.15) is 112 Å². The van der Waals surface area contributed by atoms with E-state index < -0.39 is 93.8 Å². The molecule has 658 valence electrons. The fourth-order valence-corrected chi connectivity index (χ4v) is 12.8. The summed E-state index contributed by atoms with van der Waals surface area (Å²) in [6.07, 6.45) is 6.92. The third-order valence-electron chi connectivity index (χ3n) is 18.6. The van der Waals surface area contributed by atoms with Gasteiger partial charge in [0.25, 0.3) is 47.3 Å². The summed E-state index contributed by atoms with van der Waals surface area (Å²) in [5.41, 5.74) is 5.59. The zero-order valence-corrected chi connectivity index (χ0v) is 74.1. The Morgan fingerprint density at radius 2 is 0.682 bits per heavy atom. The molecule has 0 unspecified atom stereocenters. The number of rotatable bonds is 20. The highest BCUT2D eigenvalue weighted by Gasteiger charge is 2.27. The largest absolute Gasteiger partial charge is 0.384 e. The Balaban J connectivity index is 0.000000166. The second-order valence-electron chi connectivity index (χ2n) is 27.8. The first-order valence-corrected chi connectivity index (χ1v) is 41.2. The first kappa shape index (κ1) is 95.0. The number of anilines is 8. The van der Waals surface area contributed by atoms with E-state index in [4.69, 9.17) is 16.6 Å². The molecule has 8 amide bonds. The van der Waals surface area contributed by atoms with Crippen LogP contribution in [0.3, 0.4) is 0 Å². The van der Waals surface area contributed by atoms with E-state index in [-0.39, 0.29) is 108 Å². The second-order valence-corrected chi connectivity index (χ2v) is 31.4. The summed E-state index contributed by atoms with van der Waals surface area (Å²) < 4.78 is 117. The Morgan fingerprint density at radius 3 is 0.961 bits per heavy atom. The summed E-state index contributed by atoms with van der Waals surface area (Å²) >= 11 is 13.0. The van der Waals surface area contributed by atoms with E-state index in [9.17, 15) is 73.5 Å². The Bertz CT molecular complexity index is 6420. The number of aromatic nitrogens is 4. The summed E-state index contributed by atoms with van der Waals surface area (Å²) in [5.74, 6) is -9.95. The SMILES string of the molecule is CN(C)C(=N)c1ccc(C(=O)Nc2ccc(F)cc2C(=O)Nc2ccc(Br)cn2)c(F)c1.CN1CCN=C1c1ccc(C(=O)Nc2ccc(F)cc2C(=O)Nc2ccc(Br)cn2)c(F)c1.CN=C(N)c1ccc(C(=O)Nc2ccc(F)cc2C(=O)Nc2ccc(Br)cn2)c(F)c1.N=C(c1ccc(C(=O)Nc2ccc(F)cc2C(=O)Nc2ccc(Br)cn2)c(F)c1)N1CCC1. The number of amidine groups is 4. The molecule has 2 aliphatic heterocycles. The molecule has 0 atom stereocenters. The normalized spacial score (nSPS) is 11.8. The molecule has 0 bridgehead atoms. The van der Waals surface area contributed by atoms with Crippen molar-refractivity contribution in [3.8, 4) is 0 Å². The van der Waals surface area contributed by atoms with E-state index in [1.165, 1.54) is 110 Å². The number of aliphatic imine (C=N–C) groups is 2. The van der Waals surface area contributed by atoms with Crippen molar-refractivity contribution >= 4 is 180 Å². The number of carbonyl (C=O) groups is 8. The van der Waals surface area contributed by atoms with Gasteiger partial charge in [0.2, 0.25) is 0 Å². The molecule has 4 aromatic heterocycles. The van der Waals surface area contributed by atoms with Crippen LogP contribution in [0.4, 0.5) is 81.1 Å². The van der Waals surface area contributed by atoms with Gasteiger partial charge < -0.3 is 63.0 Å². The van der Waals surface area contributed by atoms with Crippen molar-refractivity contribution < 1.29 is 73.5 Å². The van der Waals surface area contributed by atoms with Crippen LogP contribution in [0.2, 0.25) is 0 Å². The number of nitrogens with two attached hydrogens (primary N) is 1. The summed E-state index contributed by atoms with van der Waals surface area (Å²) in [5, 5.41) is 36.0. The molecule has 0 saturated carbocycles. The van der Waals surface area contributed by atoms with Gasteiger partial charge in [-0.1, -0.05) is 24.3 Å². The molecule has 1 fully saturated rings. The lowest BCUT2D eigenvalue weighted by Gasteiger charge is -2.33. The molecule has 12 N–H and O–H groups in total. The topological polar surface area (TPSA) is 393 Å². The summed E-state index contributed by atoms with van der Waals surface area (Å²) in [6.45, 7) is 2.85. The number of benzene rings is 8. The number of nitrogens with zero attached hydrogens (tertiary/aromatic N) is 9. The smallest absolute Gasteiger partial charge is 0.259 e. The van der Waals surface area contributed by atoms with Crippen molar-refractivity contribution in [2.45, 2.75) is 6.42 Å². The monoisotopic (exact) mass is 2010 g/mol. The summed E-state index contributed by atoms with van der Waals surface area (Å²) in [7, 11) is 6.60. The number of hydrogen-bond acceptors (Lipinski definition) is 17. The Kier molecular flexibility index (Phi) is 32.1. The van der Waals surface area contributed by atoms with E-state index >= 15 is 0 Å². The van der Waals surface area contributed by atoms with Crippen molar-refractivity contribution in [2.24, 2.45) is 15.7 Å². The number of halogens is 12. The van der Waals surface area contributed by atoms with E-state index in [1.54, 1.807) is 73.6 Å². The van der Waals surface area contributed by atoms with Gasteiger partial charge in [-0.2, -0.15) is 0 Å². The zero-order valence-electron chi connectivity index (χ0n) is 67.7. The molecule has 129 heavy (non-hydrogen) atoms. The van der Waals surface area contributed by atoms with Crippen molar-refractivity contribution in [3.63, 3.8) is 0 Å². The van der Waals surface area contributed by atoms with E-state index in [2.05, 4.69) is 136 Å². The molecular formula is C89H70Br4F8N20O8. The van der Waals surface area contributed by atoms with E-state index in [0.717, 1.165) is 97.3 Å². The molecule has 0 spiro atoms. The lowest BCUT2D eigenvalue weighted by atomic mass is 10.1. The van der Waals surface area contributed by atoms with Gasteiger partial charge >= 0.3 is 0 Å². The highest BCUT2D eigenvalue weighted by Crippen LogP contribution is 2.29. The first-order valence-electron chi connectivity index (χ1n) is 38.0. The number of hydrogen-bond donors (Lipinski definition) is 11. The molecular weight excluding hydrogens is 1950 g/mol. The quantitative estimate of drug-likeness (QED) is 0.0192. The number of nitrogens with one attached hydrogen (secondary N) is 10. The van der Waals surface area contributed by atoms with Gasteiger partial charge in [-0.25, -0.2) is 55.1 Å². The minimum Gasteiger partial charge on any atom is -0.384 e. The van der Waals surface area contributed by atoms with Crippen LogP contribution in [-0.2, 0) is 0 Å². The highest BCUT2D eigenvalue weighted by atomic mass is 79.9. The third-order valence-corrected chi connectivity index (χ3v) is 20.5. The molecule has 12 aromatic rings. The molecule has 28 nitrogen and oxygen atoms in total. The minimum absolute atomic E-state index is 0.000812. The highest BCUT2D eigenvalue weighted by molar-refractivity contribution is 9.11. The summed E-state index contributed by atoms with van der Waals surface area (Å²) in [6, 6.07) is 41.6. The van der Waals surface area contributed by atoms with Gasteiger partial charge in [-0.3, -0.25) is 59.2 Å². The summed E-state index contributed by atoms with van der Waals surface area (Å²) in [4.78, 5) is 131.